The highest BCUT2D eigenvalue weighted by Crippen LogP contribution is 2.12. The van der Waals surface area contributed by atoms with Crippen molar-refractivity contribution in [2.75, 3.05) is 6.54 Å². The van der Waals surface area contributed by atoms with Crippen molar-refractivity contribution < 1.29 is 13.2 Å². The molecule has 28 heavy (non-hydrogen) atoms. The van der Waals surface area contributed by atoms with Crippen molar-refractivity contribution in [3.05, 3.63) is 65.7 Å². The van der Waals surface area contributed by atoms with E-state index in [-0.39, 0.29) is 16.8 Å². The molecule has 0 fully saturated rings. The van der Waals surface area contributed by atoms with E-state index >= 15 is 0 Å². The predicted molar refractivity (Wildman–Crippen MR) is 113 cm³/mol. The lowest BCUT2D eigenvalue weighted by molar-refractivity contribution is -0.121. The summed E-state index contributed by atoms with van der Waals surface area (Å²) < 4.78 is 26.7. The zero-order chi connectivity index (χ0) is 20.4. The molecule has 0 radical (unpaired) electrons. The van der Waals surface area contributed by atoms with Gasteiger partial charge in [0.2, 0.25) is 15.9 Å². The van der Waals surface area contributed by atoms with Gasteiger partial charge in [0, 0.05) is 19.0 Å². The van der Waals surface area contributed by atoms with Crippen LogP contribution in [-0.2, 0) is 27.7 Å². The summed E-state index contributed by atoms with van der Waals surface area (Å²) in [6.45, 7) is 4.36. The van der Waals surface area contributed by atoms with Gasteiger partial charge >= 0.3 is 0 Å². The number of nitrogens with one attached hydrogen (secondary N) is 2. The number of sulfonamides is 1. The van der Waals surface area contributed by atoms with Crippen LogP contribution in [0.5, 0.6) is 0 Å². The molecule has 0 saturated heterocycles. The lowest BCUT2D eigenvalue weighted by Crippen LogP contribution is -2.33. The monoisotopic (exact) mass is 402 g/mol. The first-order chi connectivity index (χ1) is 13.4. The van der Waals surface area contributed by atoms with Crippen LogP contribution in [0, 0.1) is 0 Å². The number of hydrogen-bond donors (Lipinski definition) is 2. The average molecular weight is 403 g/mol. The van der Waals surface area contributed by atoms with Crippen LogP contribution >= 0.6 is 0 Å². The Balaban J connectivity index is 1.76. The molecule has 2 aromatic rings. The maximum Gasteiger partial charge on any atom is 0.240 e. The van der Waals surface area contributed by atoms with Gasteiger partial charge < -0.3 is 5.32 Å². The van der Waals surface area contributed by atoms with Gasteiger partial charge in [-0.05, 0) is 55.9 Å². The van der Waals surface area contributed by atoms with E-state index in [0.717, 1.165) is 24.8 Å². The molecule has 0 saturated carbocycles. The van der Waals surface area contributed by atoms with Crippen LogP contribution in [-0.4, -0.2) is 26.9 Å². The standard InChI is InChI=1S/C22H30N2O3S/c1-3-17-23-28(26,27)21-14-11-20(12-15-21)13-16-22(25)24-18(2)9-10-19-7-5-4-6-8-19/h4-8,11-12,14-15,18,23H,3,9-10,13,16-17H2,1-2H3,(H,24,25)/t18-/m1/s1. The van der Waals surface area contributed by atoms with Crippen LogP contribution in [0.3, 0.4) is 0 Å². The minimum absolute atomic E-state index is 0.0156. The molecule has 6 heteroatoms. The molecule has 0 aromatic heterocycles. The zero-order valence-electron chi connectivity index (χ0n) is 16.6. The van der Waals surface area contributed by atoms with Gasteiger partial charge in [0.05, 0.1) is 4.90 Å². The second-order valence-electron chi connectivity index (χ2n) is 7.03. The number of benzene rings is 2. The summed E-state index contributed by atoms with van der Waals surface area (Å²) in [6, 6.07) is 17.1. The fourth-order valence-electron chi connectivity index (χ4n) is 2.86. The summed E-state index contributed by atoms with van der Waals surface area (Å²) in [5.74, 6) is 0.0156. The van der Waals surface area contributed by atoms with Crippen LogP contribution in [0.1, 0.15) is 44.2 Å². The molecule has 0 aliphatic heterocycles. The lowest BCUT2D eigenvalue weighted by atomic mass is 10.1. The first-order valence-electron chi connectivity index (χ1n) is 9.82. The van der Waals surface area contributed by atoms with Gasteiger partial charge in [-0.3, -0.25) is 4.79 Å². The maximum atomic E-state index is 12.2. The molecule has 0 aliphatic carbocycles. The zero-order valence-corrected chi connectivity index (χ0v) is 17.5. The maximum absolute atomic E-state index is 12.2. The van der Waals surface area contributed by atoms with Crippen molar-refractivity contribution >= 4 is 15.9 Å². The van der Waals surface area contributed by atoms with Crippen LogP contribution in [0.4, 0.5) is 0 Å². The number of rotatable bonds is 11. The summed E-state index contributed by atoms with van der Waals surface area (Å²) in [7, 11) is -3.44. The van der Waals surface area contributed by atoms with E-state index in [4.69, 9.17) is 0 Å². The Hall–Kier alpha value is -2.18. The van der Waals surface area contributed by atoms with E-state index in [1.54, 1.807) is 24.3 Å². The molecule has 0 heterocycles. The fraction of sp³-hybridized carbons (Fsp3) is 0.409. The molecule has 0 unspecified atom stereocenters. The summed E-state index contributed by atoms with van der Waals surface area (Å²) in [4.78, 5) is 12.4. The van der Waals surface area contributed by atoms with E-state index in [0.29, 0.717) is 19.4 Å². The van der Waals surface area contributed by atoms with Crippen molar-refractivity contribution in [1.29, 1.82) is 0 Å². The Morgan fingerprint density at radius 3 is 2.25 bits per heavy atom. The number of carbonyl (C=O) groups excluding carboxylic acids is 1. The average Bonchev–Trinajstić information content (AvgIpc) is 2.70. The van der Waals surface area contributed by atoms with E-state index in [1.807, 2.05) is 32.0 Å². The number of amides is 1. The summed E-state index contributed by atoms with van der Waals surface area (Å²) in [5.41, 5.74) is 2.22. The van der Waals surface area contributed by atoms with Crippen LogP contribution in [0.15, 0.2) is 59.5 Å². The Morgan fingerprint density at radius 2 is 1.61 bits per heavy atom. The van der Waals surface area contributed by atoms with Gasteiger partial charge in [0.25, 0.3) is 0 Å². The highest BCUT2D eigenvalue weighted by molar-refractivity contribution is 7.89. The topological polar surface area (TPSA) is 75.3 Å². The number of carbonyl (C=O) groups is 1. The highest BCUT2D eigenvalue weighted by Gasteiger charge is 2.13. The largest absolute Gasteiger partial charge is 0.354 e. The summed E-state index contributed by atoms with van der Waals surface area (Å²) in [6.07, 6.45) is 3.55. The van der Waals surface area contributed by atoms with Crippen molar-refractivity contribution in [3.63, 3.8) is 0 Å². The van der Waals surface area contributed by atoms with Crippen molar-refractivity contribution in [2.24, 2.45) is 0 Å². The number of aryl methyl sites for hydroxylation is 2. The smallest absolute Gasteiger partial charge is 0.240 e. The van der Waals surface area contributed by atoms with Crippen molar-refractivity contribution in [3.8, 4) is 0 Å². The van der Waals surface area contributed by atoms with Crippen molar-refractivity contribution in [2.45, 2.75) is 56.9 Å². The normalized spacial score (nSPS) is 12.5. The van der Waals surface area contributed by atoms with Gasteiger partial charge in [0.1, 0.15) is 0 Å². The molecule has 0 bridgehead atoms. The molecule has 0 spiro atoms. The Bertz CT molecular complexity index is 834. The predicted octanol–water partition coefficient (Wildman–Crippen LogP) is 3.45. The van der Waals surface area contributed by atoms with E-state index in [1.165, 1.54) is 5.56 Å². The molecular weight excluding hydrogens is 372 g/mol. The molecule has 0 aliphatic rings. The third-order valence-electron chi connectivity index (χ3n) is 4.53. The Morgan fingerprint density at radius 1 is 0.964 bits per heavy atom. The summed E-state index contributed by atoms with van der Waals surface area (Å²) >= 11 is 0. The molecule has 2 aromatic carbocycles. The third-order valence-corrected chi connectivity index (χ3v) is 6.01. The van der Waals surface area contributed by atoms with Gasteiger partial charge in [-0.25, -0.2) is 13.1 Å². The third kappa shape index (κ3) is 7.44. The quantitative estimate of drug-likeness (QED) is 0.604. The second kappa shape index (κ2) is 11.0. The fourth-order valence-corrected chi connectivity index (χ4v) is 3.99. The molecular formula is C22H30N2O3S. The first-order valence-corrected chi connectivity index (χ1v) is 11.3. The van der Waals surface area contributed by atoms with E-state index in [9.17, 15) is 13.2 Å². The van der Waals surface area contributed by atoms with E-state index in [2.05, 4.69) is 22.2 Å². The summed E-state index contributed by atoms with van der Waals surface area (Å²) in [5, 5.41) is 3.03. The molecule has 1 amide bonds. The molecule has 152 valence electrons. The SMILES string of the molecule is CCCNS(=O)(=O)c1ccc(CCC(=O)N[C@H](C)CCc2ccccc2)cc1. The molecule has 1 atom stereocenters. The molecule has 2 N–H and O–H groups in total. The number of hydrogen-bond acceptors (Lipinski definition) is 3. The minimum Gasteiger partial charge on any atom is -0.354 e. The molecule has 2 rings (SSSR count). The minimum atomic E-state index is -3.44. The molecule has 5 nitrogen and oxygen atoms in total. The van der Waals surface area contributed by atoms with Gasteiger partial charge in [-0.1, -0.05) is 49.4 Å². The van der Waals surface area contributed by atoms with Crippen molar-refractivity contribution in [1.82, 2.24) is 10.0 Å². The van der Waals surface area contributed by atoms with Crippen LogP contribution in [0.2, 0.25) is 0 Å². The second-order valence-corrected chi connectivity index (χ2v) is 8.80. The Kier molecular flexibility index (Phi) is 8.67. The lowest BCUT2D eigenvalue weighted by Gasteiger charge is -2.14. The van der Waals surface area contributed by atoms with Crippen LogP contribution in [0.25, 0.3) is 0 Å². The first kappa shape index (κ1) is 22.1. The Labute approximate surface area is 168 Å². The van der Waals surface area contributed by atoms with Gasteiger partial charge in [0.15, 0.2) is 0 Å². The van der Waals surface area contributed by atoms with Gasteiger partial charge in [-0.15, -0.1) is 0 Å². The van der Waals surface area contributed by atoms with E-state index < -0.39 is 10.0 Å². The highest BCUT2D eigenvalue weighted by atomic mass is 32.2. The van der Waals surface area contributed by atoms with Gasteiger partial charge in [-0.2, -0.15) is 0 Å². The van der Waals surface area contributed by atoms with Crippen LogP contribution < -0.4 is 10.0 Å².